The van der Waals surface area contributed by atoms with Gasteiger partial charge in [0.2, 0.25) is 0 Å². The zero-order valence-corrected chi connectivity index (χ0v) is 21.3. The summed E-state index contributed by atoms with van der Waals surface area (Å²) in [5.41, 5.74) is 1.80. The molecule has 2 saturated heterocycles. The maximum Gasteiger partial charge on any atom is 0.253 e. The van der Waals surface area contributed by atoms with Crippen LogP contribution >= 0.6 is 24.0 Å². The van der Waals surface area contributed by atoms with Crippen molar-refractivity contribution in [3.05, 3.63) is 29.8 Å². The van der Waals surface area contributed by atoms with Crippen LogP contribution in [0.5, 0.6) is 0 Å². The fourth-order valence-corrected chi connectivity index (χ4v) is 3.64. The van der Waals surface area contributed by atoms with E-state index in [1.807, 2.05) is 31.2 Å². The number of carbonyl (C=O) groups excluding carboxylic acids is 1. The lowest BCUT2D eigenvalue weighted by Crippen LogP contribution is -2.38. The van der Waals surface area contributed by atoms with Gasteiger partial charge in [0.05, 0.1) is 19.3 Å². The highest BCUT2D eigenvalue weighted by atomic mass is 127. The van der Waals surface area contributed by atoms with Crippen LogP contribution < -0.4 is 16.0 Å². The standard InChI is InChI=1S/C23H36N4O4.HI/c1-2-24-23(25-11-6-12-29-17-20-9-4-13-30-20)26-16-18-7-3-8-19(15-18)27-22(28)21-10-5-14-31-21;/h3,7-8,15,20-21H,2,4-6,9-14,16-17H2,1H3,(H,27,28)(H2,24,25,26);1H. The van der Waals surface area contributed by atoms with Crippen molar-refractivity contribution in [1.29, 1.82) is 0 Å². The molecule has 3 N–H and O–H groups in total. The van der Waals surface area contributed by atoms with Gasteiger partial charge in [-0.15, -0.1) is 24.0 Å². The van der Waals surface area contributed by atoms with Crippen LogP contribution in [0.1, 0.15) is 44.6 Å². The number of halogens is 1. The monoisotopic (exact) mass is 560 g/mol. The Morgan fingerprint density at radius 2 is 2.03 bits per heavy atom. The van der Waals surface area contributed by atoms with E-state index < -0.39 is 0 Å². The van der Waals surface area contributed by atoms with Gasteiger partial charge in [-0.1, -0.05) is 12.1 Å². The normalized spacial score (nSPS) is 20.6. The molecule has 0 aromatic heterocycles. The summed E-state index contributed by atoms with van der Waals surface area (Å²) in [6.45, 7) is 7.06. The maximum atomic E-state index is 12.2. The molecule has 1 amide bonds. The second-order valence-corrected chi connectivity index (χ2v) is 7.88. The molecule has 1 aromatic carbocycles. The lowest BCUT2D eigenvalue weighted by molar-refractivity contribution is -0.124. The van der Waals surface area contributed by atoms with Crippen molar-refractivity contribution in [1.82, 2.24) is 10.6 Å². The van der Waals surface area contributed by atoms with Gasteiger partial charge in [-0.3, -0.25) is 4.79 Å². The molecule has 1 aromatic rings. The van der Waals surface area contributed by atoms with E-state index in [4.69, 9.17) is 14.2 Å². The van der Waals surface area contributed by atoms with Crippen LogP contribution in [0.2, 0.25) is 0 Å². The molecule has 180 valence electrons. The highest BCUT2D eigenvalue weighted by Crippen LogP contribution is 2.16. The van der Waals surface area contributed by atoms with Crippen molar-refractivity contribution >= 4 is 41.5 Å². The Balaban J connectivity index is 0.00000363. The molecular weight excluding hydrogens is 523 g/mol. The van der Waals surface area contributed by atoms with E-state index in [9.17, 15) is 4.79 Å². The zero-order valence-electron chi connectivity index (χ0n) is 18.9. The number of guanidine groups is 1. The number of anilines is 1. The largest absolute Gasteiger partial charge is 0.379 e. The first kappa shape index (κ1) is 26.8. The van der Waals surface area contributed by atoms with Crippen molar-refractivity contribution in [2.75, 3.05) is 44.8 Å². The van der Waals surface area contributed by atoms with Gasteiger partial charge in [-0.05, 0) is 56.7 Å². The number of rotatable bonds is 11. The van der Waals surface area contributed by atoms with Crippen LogP contribution in [0, 0.1) is 0 Å². The van der Waals surface area contributed by atoms with E-state index in [0.717, 1.165) is 69.0 Å². The number of amides is 1. The molecule has 32 heavy (non-hydrogen) atoms. The zero-order chi connectivity index (χ0) is 21.7. The SMILES string of the molecule is CCNC(=NCc1cccc(NC(=O)C2CCCO2)c1)NCCCOCC1CCCO1.I. The van der Waals surface area contributed by atoms with E-state index in [1.165, 1.54) is 0 Å². The van der Waals surface area contributed by atoms with Gasteiger partial charge < -0.3 is 30.2 Å². The first-order valence-electron chi connectivity index (χ1n) is 11.5. The quantitative estimate of drug-likeness (QED) is 0.167. The lowest BCUT2D eigenvalue weighted by Gasteiger charge is -2.13. The summed E-state index contributed by atoms with van der Waals surface area (Å²) in [5, 5.41) is 9.55. The summed E-state index contributed by atoms with van der Waals surface area (Å²) in [6, 6.07) is 7.79. The van der Waals surface area contributed by atoms with Gasteiger partial charge in [-0.2, -0.15) is 0 Å². The van der Waals surface area contributed by atoms with Gasteiger partial charge in [0.1, 0.15) is 6.10 Å². The summed E-state index contributed by atoms with van der Waals surface area (Å²) in [7, 11) is 0. The Morgan fingerprint density at radius 1 is 1.19 bits per heavy atom. The Hall–Kier alpha value is -1.43. The minimum Gasteiger partial charge on any atom is -0.379 e. The number of nitrogens with zero attached hydrogens (tertiary/aromatic N) is 1. The first-order chi connectivity index (χ1) is 15.2. The molecule has 2 atom stereocenters. The summed E-state index contributed by atoms with van der Waals surface area (Å²) in [4.78, 5) is 16.9. The second-order valence-electron chi connectivity index (χ2n) is 7.88. The van der Waals surface area contributed by atoms with E-state index in [2.05, 4.69) is 20.9 Å². The van der Waals surface area contributed by atoms with Gasteiger partial charge in [0, 0.05) is 38.6 Å². The Bertz CT molecular complexity index is 707. The molecule has 9 heteroatoms. The number of ether oxygens (including phenoxy) is 3. The summed E-state index contributed by atoms with van der Waals surface area (Å²) in [5.74, 6) is 0.699. The van der Waals surface area contributed by atoms with Crippen LogP contribution in [-0.2, 0) is 25.5 Å². The molecule has 8 nitrogen and oxygen atoms in total. The third kappa shape index (κ3) is 9.60. The lowest BCUT2D eigenvalue weighted by atomic mass is 10.2. The van der Waals surface area contributed by atoms with Crippen LogP contribution in [0.15, 0.2) is 29.3 Å². The minimum absolute atomic E-state index is 0. The van der Waals surface area contributed by atoms with Crippen molar-refractivity contribution in [2.24, 2.45) is 4.99 Å². The fraction of sp³-hybridized carbons (Fsp3) is 0.652. The molecule has 0 saturated carbocycles. The van der Waals surface area contributed by atoms with E-state index in [1.54, 1.807) is 0 Å². The van der Waals surface area contributed by atoms with Crippen molar-refractivity contribution in [3.63, 3.8) is 0 Å². The fourth-order valence-electron chi connectivity index (χ4n) is 3.64. The average Bonchev–Trinajstić information content (AvgIpc) is 3.49. The van der Waals surface area contributed by atoms with Crippen molar-refractivity contribution in [3.8, 4) is 0 Å². The summed E-state index contributed by atoms with van der Waals surface area (Å²) < 4.78 is 16.7. The van der Waals surface area contributed by atoms with Crippen LogP contribution in [-0.4, -0.2) is 63.6 Å². The molecule has 2 aliphatic heterocycles. The number of carbonyl (C=O) groups is 1. The van der Waals surface area contributed by atoms with E-state index >= 15 is 0 Å². The second kappa shape index (κ2) is 15.4. The van der Waals surface area contributed by atoms with Gasteiger partial charge in [0.15, 0.2) is 5.96 Å². The average molecular weight is 560 g/mol. The van der Waals surface area contributed by atoms with Crippen LogP contribution in [0.4, 0.5) is 5.69 Å². The first-order valence-corrected chi connectivity index (χ1v) is 11.5. The maximum absolute atomic E-state index is 12.2. The molecule has 2 fully saturated rings. The number of benzene rings is 1. The smallest absolute Gasteiger partial charge is 0.253 e. The number of hydrogen-bond acceptors (Lipinski definition) is 5. The van der Waals surface area contributed by atoms with Crippen LogP contribution in [0.3, 0.4) is 0 Å². The Morgan fingerprint density at radius 3 is 2.78 bits per heavy atom. The number of nitrogens with one attached hydrogen (secondary N) is 3. The molecular formula is C23H37IN4O4. The molecule has 0 aliphatic carbocycles. The van der Waals surface area contributed by atoms with Crippen molar-refractivity contribution < 1.29 is 19.0 Å². The molecule has 0 radical (unpaired) electrons. The minimum atomic E-state index is -0.332. The Kier molecular flexibility index (Phi) is 12.9. The number of hydrogen-bond donors (Lipinski definition) is 3. The molecule has 2 aliphatic rings. The molecule has 2 unspecified atom stereocenters. The molecule has 0 spiro atoms. The third-order valence-electron chi connectivity index (χ3n) is 5.27. The highest BCUT2D eigenvalue weighted by Gasteiger charge is 2.23. The highest BCUT2D eigenvalue weighted by molar-refractivity contribution is 14.0. The molecule has 2 heterocycles. The van der Waals surface area contributed by atoms with Gasteiger partial charge in [-0.25, -0.2) is 4.99 Å². The van der Waals surface area contributed by atoms with Gasteiger partial charge >= 0.3 is 0 Å². The third-order valence-corrected chi connectivity index (χ3v) is 5.27. The van der Waals surface area contributed by atoms with Gasteiger partial charge in [0.25, 0.3) is 5.91 Å². The summed E-state index contributed by atoms with van der Waals surface area (Å²) >= 11 is 0. The van der Waals surface area contributed by atoms with E-state index in [0.29, 0.717) is 26.4 Å². The predicted octanol–water partition coefficient (Wildman–Crippen LogP) is 3.06. The predicted molar refractivity (Wildman–Crippen MR) is 137 cm³/mol. The molecule has 3 rings (SSSR count). The Labute approximate surface area is 208 Å². The van der Waals surface area contributed by atoms with Crippen LogP contribution in [0.25, 0.3) is 0 Å². The summed E-state index contributed by atoms with van der Waals surface area (Å²) in [6.07, 6.45) is 4.82. The van der Waals surface area contributed by atoms with E-state index in [-0.39, 0.29) is 42.1 Å². The topological polar surface area (TPSA) is 93.2 Å². The number of aliphatic imine (C=N–C) groups is 1. The van der Waals surface area contributed by atoms with Crippen molar-refractivity contribution in [2.45, 2.75) is 57.8 Å². The molecule has 0 bridgehead atoms.